The van der Waals surface area contributed by atoms with Gasteiger partial charge in [0.25, 0.3) is 0 Å². The summed E-state index contributed by atoms with van der Waals surface area (Å²) >= 11 is 0. The molecule has 0 aromatic carbocycles. The highest BCUT2D eigenvalue weighted by atomic mass is 16.2. The number of carbonyl (C=O) groups is 1. The number of nitrogens with one attached hydrogen (secondary N) is 1. The highest BCUT2D eigenvalue weighted by Crippen LogP contribution is 2.32. The second kappa shape index (κ2) is 6.20. The molecule has 0 bridgehead atoms. The van der Waals surface area contributed by atoms with Crippen LogP contribution >= 0.6 is 0 Å². The Morgan fingerprint density at radius 2 is 2.21 bits per heavy atom. The van der Waals surface area contributed by atoms with Gasteiger partial charge in [-0.3, -0.25) is 4.79 Å². The number of carbonyl (C=O) groups excluding carboxylic acids is 1. The summed E-state index contributed by atoms with van der Waals surface area (Å²) in [6.07, 6.45) is 7.27. The molecule has 2 aromatic heterocycles. The lowest BCUT2D eigenvalue weighted by molar-refractivity contribution is -0.134. The SMILES string of the molecule is Cc1cccn2c(CNC3CCN(C(=O)C4CC4)CC3C)cnc12. The fourth-order valence-corrected chi connectivity index (χ4v) is 3.81. The van der Waals surface area contributed by atoms with Gasteiger partial charge in [0.1, 0.15) is 5.65 Å². The molecule has 1 aliphatic heterocycles. The third-order valence-electron chi connectivity index (χ3n) is 5.50. The number of hydrogen-bond acceptors (Lipinski definition) is 3. The molecule has 5 nitrogen and oxygen atoms in total. The zero-order valence-corrected chi connectivity index (χ0v) is 14.5. The van der Waals surface area contributed by atoms with E-state index in [1.807, 2.05) is 6.20 Å². The van der Waals surface area contributed by atoms with E-state index in [1.54, 1.807) is 0 Å². The van der Waals surface area contributed by atoms with Gasteiger partial charge >= 0.3 is 0 Å². The zero-order chi connectivity index (χ0) is 16.7. The Balaban J connectivity index is 1.37. The number of pyridine rings is 1. The van der Waals surface area contributed by atoms with Crippen LogP contribution in [0.4, 0.5) is 0 Å². The molecule has 2 aliphatic rings. The van der Waals surface area contributed by atoms with E-state index in [0.717, 1.165) is 44.5 Å². The van der Waals surface area contributed by atoms with Crippen molar-refractivity contribution in [3.05, 3.63) is 35.8 Å². The maximum atomic E-state index is 12.2. The van der Waals surface area contributed by atoms with Gasteiger partial charge in [0, 0.05) is 37.8 Å². The van der Waals surface area contributed by atoms with Crippen LogP contribution in [0, 0.1) is 18.8 Å². The van der Waals surface area contributed by atoms with Gasteiger partial charge in [0.05, 0.1) is 11.9 Å². The van der Waals surface area contributed by atoms with Crippen molar-refractivity contribution in [1.29, 1.82) is 0 Å². The van der Waals surface area contributed by atoms with Crippen LogP contribution in [0.15, 0.2) is 24.5 Å². The van der Waals surface area contributed by atoms with Gasteiger partial charge in [0.2, 0.25) is 5.91 Å². The Morgan fingerprint density at radius 1 is 1.38 bits per heavy atom. The maximum absolute atomic E-state index is 12.2. The zero-order valence-electron chi connectivity index (χ0n) is 14.5. The van der Waals surface area contributed by atoms with Gasteiger partial charge in [-0.25, -0.2) is 4.98 Å². The minimum Gasteiger partial charge on any atom is -0.342 e. The number of rotatable bonds is 4. The lowest BCUT2D eigenvalue weighted by Crippen LogP contribution is -2.50. The van der Waals surface area contributed by atoms with E-state index in [2.05, 4.69) is 51.8 Å². The number of aryl methyl sites for hydroxylation is 1. The van der Waals surface area contributed by atoms with E-state index in [4.69, 9.17) is 0 Å². The lowest BCUT2D eigenvalue weighted by Gasteiger charge is -2.37. The monoisotopic (exact) mass is 326 g/mol. The number of fused-ring (bicyclic) bond motifs is 1. The number of amides is 1. The molecule has 4 rings (SSSR count). The van der Waals surface area contributed by atoms with Crippen molar-refractivity contribution in [3.63, 3.8) is 0 Å². The molecule has 128 valence electrons. The number of likely N-dealkylation sites (tertiary alicyclic amines) is 1. The average molecular weight is 326 g/mol. The summed E-state index contributed by atoms with van der Waals surface area (Å²) < 4.78 is 2.17. The fraction of sp³-hybridized carbons (Fsp3) is 0.579. The molecule has 1 saturated carbocycles. The quantitative estimate of drug-likeness (QED) is 0.938. The summed E-state index contributed by atoms with van der Waals surface area (Å²) in [7, 11) is 0. The van der Waals surface area contributed by atoms with Crippen LogP contribution in [0.5, 0.6) is 0 Å². The highest BCUT2D eigenvalue weighted by molar-refractivity contribution is 5.81. The molecular weight excluding hydrogens is 300 g/mol. The summed E-state index contributed by atoms with van der Waals surface area (Å²) in [6, 6.07) is 4.62. The molecule has 2 atom stereocenters. The fourth-order valence-electron chi connectivity index (χ4n) is 3.81. The van der Waals surface area contributed by atoms with Crippen LogP contribution in [-0.2, 0) is 11.3 Å². The minimum atomic E-state index is 0.336. The molecule has 2 aromatic rings. The number of nitrogens with zero attached hydrogens (tertiary/aromatic N) is 3. The van der Waals surface area contributed by atoms with Crippen molar-refractivity contribution in [1.82, 2.24) is 19.6 Å². The third-order valence-corrected chi connectivity index (χ3v) is 5.50. The van der Waals surface area contributed by atoms with E-state index in [0.29, 0.717) is 23.8 Å². The molecule has 0 radical (unpaired) electrons. The predicted molar refractivity (Wildman–Crippen MR) is 93.6 cm³/mol. The Labute approximate surface area is 143 Å². The van der Waals surface area contributed by atoms with Crippen molar-refractivity contribution < 1.29 is 4.79 Å². The van der Waals surface area contributed by atoms with Crippen LogP contribution < -0.4 is 5.32 Å². The molecular formula is C19H26N4O. The molecule has 2 fully saturated rings. The van der Waals surface area contributed by atoms with Crippen molar-refractivity contribution in [2.24, 2.45) is 11.8 Å². The van der Waals surface area contributed by atoms with Crippen LogP contribution in [0.2, 0.25) is 0 Å². The van der Waals surface area contributed by atoms with Crippen LogP contribution in [0.25, 0.3) is 5.65 Å². The molecule has 24 heavy (non-hydrogen) atoms. The van der Waals surface area contributed by atoms with E-state index in [1.165, 1.54) is 11.3 Å². The van der Waals surface area contributed by atoms with Gasteiger partial charge in [-0.15, -0.1) is 0 Å². The van der Waals surface area contributed by atoms with E-state index < -0.39 is 0 Å². The average Bonchev–Trinajstić information content (AvgIpc) is 3.34. The Bertz CT molecular complexity index is 749. The maximum Gasteiger partial charge on any atom is 0.225 e. The molecule has 5 heteroatoms. The van der Waals surface area contributed by atoms with Gasteiger partial charge < -0.3 is 14.6 Å². The topological polar surface area (TPSA) is 49.6 Å². The Morgan fingerprint density at radius 3 is 2.96 bits per heavy atom. The van der Waals surface area contributed by atoms with E-state index >= 15 is 0 Å². The van der Waals surface area contributed by atoms with Crippen LogP contribution in [-0.4, -0.2) is 39.3 Å². The number of hydrogen-bond donors (Lipinski definition) is 1. The largest absolute Gasteiger partial charge is 0.342 e. The van der Waals surface area contributed by atoms with Gasteiger partial charge in [0.15, 0.2) is 0 Å². The number of piperidine rings is 1. The Kier molecular flexibility index (Phi) is 4.04. The molecule has 1 amide bonds. The van der Waals surface area contributed by atoms with Crippen molar-refractivity contribution >= 4 is 11.6 Å². The van der Waals surface area contributed by atoms with Crippen molar-refractivity contribution in [2.75, 3.05) is 13.1 Å². The third kappa shape index (κ3) is 2.93. The molecule has 0 spiro atoms. The van der Waals surface area contributed by atoms with Crippen LogP contribution in [0.1, 0.15) is 37.4 Å². The standard InChI is InChI=1S/C19H26N4O/c1-13-4-3-8-23-16(11-21-18(13)23)10-20-17-7-9-22(12-14(17)2)19(24)15-5-6-15/h3-4,8,11,14-15,17,20H,5-7,9-10,12H2,1-2H3. The summed E-state index contributed by atoms with van der Waals surface area (Å²) in [5.41, 5.74) is 3.42. The molecule has 3 heterocycles. The number of imidazole rings is 1. The first-order valence-electron chi connectivity index (χ1n) is 9.07. The van der Waals surface area contributed by atoms with Crippen LogP contribution in [0.3, 0.4) is 0 Å². The molecule has 1 N–H and O–H groups in total. The van der Waals surface area contributed by atoms with Crippen molar-refractivity contribution in [3.8, 4) is 0 Å². The lowest BCUT2D eigenvalue weighted by atomic mass is 9.93. The smallest absolute Gasteiger partial charge is 0.225 e. The van der Waals surface area contributed by atoms with E-state index in [-0.39, 0.29) is 0 Å². The van der Waals surface area contributed by atoms with Gasteiger partial charge in [-0.1, -0.05) is 13.0 Å². The first kappa shape index (κ1) is 15.6. The number of aromatic nitrogens is 2. The predicted octanol–water partition coefficient (Wildman–Crippen LogP) is 2.38. The summed E-state index contributed by atoms with van der Waals surface area (Å²) in [5.74, 6) is 1.21. The summed E-state index contributed by atoms with van der Waals surface area (Å²) in [6.45, 7) is 6.94. The first-order valence-corrected chi connectivity index (χ1v) is 9.07. The second-order valence-electron chi connectivity index (χ2n) is 7.45. The summed E-state index contributed by atoms with van der Waals surface area (Å²) in [4.78, 5) is 18.8. The Hall–Kier alpha value is -1.88. The normalized spacial score (nSPS) is 24.5. The molecule has 2 unspecified atom stereocenters. The molecule has 1 saturated heterocycles. The van der Waals surface area contributed by atoms with E-state index in [9.17, 15) is 4.79 Å². The van der Waals surface area contributed by atoms with Gasteiger partial charge in [-0.05, 0) is 43.7 Å². The van der Waals surface area contributed by atoms with Crippen molar-refractivity contribution in [2.45, 2.75) is 45.7 Å². The minimum absolute atomic E-state index is 0.336. The first-order chi connectivity index (χ1) is 11.6. The second-order valence-corrected chi connectivity index (χ2v) is 7.45. The van der Waals surface area contributed by atoms with Gasteiger partial charge in [-0.2, -0.15) is 0 Å². The summed E-state index contributed by atoms with van der Waals surface area (Å²) in [5, 5.41) is 3.69. The molecule has 1 aliphatic carbocycles. The highest BCUT2D eigenvalue weighted by Gasteiger charge is 2.36.